The minimum Gasteiger partial charge on any atom is -0.379 e. The minimum absolute atomic E-state index is 0.107. The van der Waals surface area contributed by atoms with Crippen molar-refractivity contribution < 1.29 is 17.9 Å². The quantitative estimate of drug-likeness (QED) is 0.889. The molecule has 0 radical (unpaired) electrons. The van der Waals surface area contributed by atoms with E-state index < -0.39 is 10.0 Å². The van der Waals surface area contributed by atoms with Crippen molar-refractivity contribution in [3.8, 4) is 0 Å². The fourth-order valence-corrected chi connectivity index (χ4v) is 3.84. The summed E-state index contributed by atoms with van der Waals surface area (Å²) in [5.41, 5.74) is 1.38. The number of benzene rings is 1. The molecule has 0 bridgehead atoms. The van der Waals surface area contributed by atoms with E-state index in [-0.39, 0.29) is 16.7 Å². The van der Waals surface area contributed by atoms with E-state index in [4.69, 9.17) is 4.74 Å². The number of rotatable bonds is 5. The molecule has 1 fully saturated rings. The molecule has 0 atom stereocenters. The van der Waals surface area contributed by atoms with Crippen molar-refractivity contribution in [2.24, 2.45) is 5.92 Å². The maximum Gasteiger partial charge on any atom is 0.243 e. The monoisotopic (exact) mass is 340 g/mol. The Bertz CT molecular complexity index is 665. The van der Waals surface area contributed by atoms with Crippen LogP contribution in [0.4, 0.5) is 5.69 Å². The number of carbonyl (C=O) groups is 1. The molecule has 128 valence electrons. The summed E-state index contributed by atoms with van der Waals surface area (Å²) in [4.78, 5) is 12.1. The van der Waals surface area contributed by atoms with Gasteiger partial charge in [-0.15, -0.1) is 0 Å². The first-order chi connectivity index (χ1) is 10.8. The Balaban J connectivity index is 2.23. The third kappa shape index (κ3) is 4.53. The summed E-state index contributed by atoms with van der Waals surface area (Å²) in [5, 5.41) is 2.81. The third-order valence-electron chi connectivity index (χ3n) is 3.68. The van der Waals surface area contributed by atoms with E-state index in [9.17, 15) is 13.2 Å². The number of nitrogens with zero attached hydrogens (tertiary/aromatic N) is 1. The molecule has 1 heterocycles. The fourth-order valence-electron chi connectivity index (χ4n) is 2.40. The van der Waals surface area contributed by atoms with Crippen molar-refractivity contribution >= 4 is 21.6 Å². The Hall–Kier alpha value is -1.44. The van der Waals surface area contributed by atoms with E-state index in [0.29, 0.717) is 38.4 Å². The molecular formula is C16H24N2O4S. The van der Waals surface area contributed by atoms with Gasteiger partial charge < -0.3 is 10.1 Å². The van der Waals surface area contributed by atoms with Crippen molar-refractivity contribution in [3.05, 3.63) is 23.8 Å². The lowest BCUT2D eigenvalue weighted by Gasteiger charge is -2.26. The molecule has 1 aliphatic heterocycles. The lowest BCUT2D eigenvalue weighted by molar-refractivity contribution is -0.116. The Morgan fingerprint density at radius 3 is 2.57 bits per heavy atom. The number of morpholine rings is 1. The van der Waals surface area contributed by atoms with E-state index >= 15 is 0 Å². The van der Waals surface area contributed by atoms with Gasteiger partial charge in [0.2, 0.25) is 15.9 Å². The molecule has 0 aliphatic carbocycles. The second-order valence-electron chi connectivity index (χ2n) is 6.14. The summed E-state index contributed by atoms with van der Waals surface area (Å²) >= 11 is 0. The van der Waals surface area contributed by atoms with Crippen molar-refractivity contribution in [2.45, 2.75) is 32.1 Å². The number of sulfonamides is 1. The number of hydrogen-bond acceptors (Lipinski definition) is 4. The number of nitrogens with one attached hydrogen (secondary N) is 1. The second-order valence-corrected chi connectivity index (χ2v) is 8.08. The zero-order chi connectivity index (χ0) is 17.0. The van der Waals surface area contributed by atoms with Gasteiger partial charge in [-0.3, -0.25) is 4.79 Å². The summed E-state index contributed by atoms with van der Waals surface area (Å²) in [5.74, 6) is 0.139. The predicted molar refractivity (Wildman–Crippen MR) is 88.8 cm³/mol. The average Bonchev–Trinajstić information content (AvgIpc) is 2.49. The summed E-state index contributed by atoms with van der Waals surface area (Å²) in [6.45, 7) is 7.29. The van der Waals surface area contributed by atoms with Gasteiger partial charge in [0.15, 0.2) is 0 Å². The molecule has 23 heavy (non-hydrogen) atoms. The highest BCUT2D eigenvalue weighted by atomic mass is 32.2. The molecule has 2 rings (SSSR count). The van der Waals surface area contributed by atoms with Gasteiger partial charge in [0.05, 0.1) is 18.1 Å². The Morgan fingerprint density at radius 1 is 1.30 bits per heavy atom. The summed E-state index contributed by atoms with van der Waals surface area (Å²) < 4.78 is 32.0. The van der Waals surface area contributed by atoms with E-state index in [1.54, 1.807) is 18.2 Å². The van der Waals surface area contributed by atoms with Gasteiger partial charge in [-0.05, 0) is 30.5 Å². The minimum atomic E-state index is -3.56. The number of carbonyl (C=O) groups excluding carboxylic acids is 1. The van der Waals surface area contributed by atoms with Gasteiger partial charge in [-0.2, -0.15) is 4.31 Å². The van der Waals surface area contributed by atoms with Crippen molar-refractivity contribution in [1.82, 2.24) is 4.31 Å². The Labute approximate surface area is 137 Å². The van der Waals surface area contributed by atoms with Crippen LogP contribution in [0.2, 0.25) is 0 Å². The average molecular weight is 340 g/mol. The summed E-state index contributed by atoms with van der Waals surface area (Å²) in [6.07, 6.45) is 0.403. The standard InChI is InChI=1S/C16H24N2O4S/c1-12(2)10-16(19)17-15-11-14(5-4-13(15)3)23(20,21)18-6-8-22-9-7-18/h4-5,11-12H,6-10H2,1-3H3,(H,17,19). The number of ether oxygens (including phenoxy) is 1. The number of aryl methyl sites for hydroxylation is 1. The van der Waals surface area contributed by atoms with Gasteiger partial charge in [0, 0.05) is 25.2 Å². The molecule has 1 N–H and O–H groups in total. The van der Waals surface area contributed by atoms with Crippen LogP contribution in [-0.2, 0) is 19.6 Å². The molecule has 1 aromatic carbocycles. The third-order valence-corrected chi connectivity index (χ3v) is 5.58. The smallest absolute Gasteiger partial charge is 0.243 e. The molecular weight excluding hydrogens is 316 g/mol. The van der Waals surface area contributed by atoms with Crippen LogP contribution in [0.3, 0.4) is 0 Å². The van der Waals surface area contributed by atoms with Crippen LogP contribution in [0.5, 0.6) is 0 Å². The van der Waals surface area contributed by atoms with E-state index in [2.05, 4.69) is 5.32 Å². The Kier molecular flexibility index (Phi) is 5.78. The molecule has 0 aromatic heterocycles. The van der Waals surface area contributed by atoms with Gasteiger partial charge in [-0.1, -0.05) is 19.9 Å². The van der Waals surface area contributed by atoms with Crippen LogP contribution in [0.25, 0.3) is 0 Å². The SMILES string of the molecule is Cc1ccc(S(=O)(=O)N2CCOCC2)cc1NC(=O)CC(C)C. The highest BCUT2D eigenvalue weighted by Crippen LogP contribution is 2.24. The molecule has 7 heteroatoms. The normalized spacial score (nSPS) is 16.5. The van der Waals surface area contributed by atoms with Crippen molar-refractivity contribution in [2.75, 3.05) is 31.6 Å². The van der Waals surface area contributed by atoms with Gasteiger partial charge in [0.25, 0.3) is 0 Å². The number of anilines is 1. The van der Waals surface area contributed by atoms with Crippen molar-refractivity contribution in [3.63, 3.8) is 0 Å². The highest BCUT2D eigenvalue weighted by molar-refractivity contribution is 7.89. The lowest BCUT2D eigenvalue weighted by atomic mass is 10.1. The maximum atomic E-state index is 12.7. The van der Waals surface area contributed by atoms with Crippen molar-refractivity contribution in [1.29, 1.82) is 0 Å². The summed E-state index contributed by atoms with van der Waals surface area (Å²) in [6, 6.07) is 4.84. The molecule has 0 spiro atoms. The highest BCUT2D eigenvalue weighted by Gasteiger charge is 2.26. The first-order valence-corrected chi connectivity index (χ1v) is 9.23. The first kappa shape index (κ1) is 17.9. The molecule has 1 saturated heterocycles. The van der Waals surface area contributed by atoms with Crippen LogP contribution >= 0.6 is 0 Å². The van der Waals surface area contributed by atoms with Crippen LogP contribution < -0.4 is 5.32 Å². The lowest BCUT2D eigenvalue weighted by Crippen LogP contribution is -2.40. The van der Waals surface area contributed by atoms with Crippen LogP contribution in [-0.4, -0.2) is 44.9 Å². The van der Waals surface area contributed by atoms with Crippen LogP contribution in [0.1, 0.15) is 25.8 Å². The fraction of sp³-hybridized carbons (Fsp3) is 0.562. The largest absolute Gasteiger partial charge is 0.379 e. The first-order valence-electron chi connectivity index (χ1n) is 7.79. The molecule has 1 aromatic rings. The Morgan fingerprint density at radius 2 is 1.96 bits per heavy atom. The zero-order valence-corrected chi connectivity index (χ0v) is 14.6. The topological polar surface area (TPSA) is 75.7 Å². The number of amides is 1. The van der Waals surface area contributed by atoms with Gasteiger partial charge in [-0.25, -0.2) is 8.42 Å². The predicted octanol–water partition coefficient (Wildman–Crippen LogP) is 2.00. The van der Waals surface area contributed by atoms with E-state index in [1.165, 1.54) is 4.31 Å². The number of hydrogen-bond donors (Lipinski definition) is 1. The molecule has 6 nitrogen and oxygen atoms in total. The van der Waals surface area contributed by atoms with Crippen LogP contribution in [0, 0.1) is 12.8 Å². The van der Waals surface area contributed by atoms with E-state index in [1.807, 2.05) is 20.8 Å². The zero-order valence-electron chi connectivity index (χ0n) is 13.8. The van der Waals surface area contributed by atoms with E-state index in [0.717, 1.165) is 5.56 Å². The molecule has 0 saturated carbocycles. The molecule has 1 amide bonds. The summed E-state index contributed by atoms with van der Waals surface area (Å²) in [7, 11) is -3.56. The molecule has 1 aliphatic rings. The maximum absolute atomic E-state index is 12.7. The van der Waals surface area contributed by atoms with Crippen LogP contribution in [0.15, 0.2) is 23.1 Å². The second kappa shape index (κ2) is 7.42. The molecule has 0 unspecified atom stereocenters. The van der Waals surface area contributed by atoms with Gasteiger partial charge >= 0.3 is 0 Å². The van der Waals surface area contributed by atoms with Gasteiger partial charge in [0.1, 0.15) is 0 Å².